The molecular formula is C25H36N4O3S. The Bertz CT molecular complexity index is 871. The topological polar surface area (TPSA) is 73.0 Å². The van der Waals surface area contributed by atoms with E-state index in [9.17, 15) is 14.4 Å². The van der Waals surface area contributed by atoms with Crippen LogP contribution in [0.2, 0.25) is 0 Å². The van der Waals surface area contributed by atoms with Crippen LogP contribution < -0.4 is 15.1 Å². The molecule has 3 aliphatic rings. The van der Waals surface area contributed by atoms with Crippen LogP contribution in [-0.2, 0) is 9.59 Å². The van der Waals surface area contributed by atoms with E-state index in [2.05, 4.69) is 17.1 Å². The first-order chi connectivity index (χ1) is 16.1. The minimum absolute atomic E-state index is 0.000363. The van der Waals surface area contributed by atoms with E-state index < -0.39 is 0 Å². The van der Waals surface area contributed by atoms with E-state index in [1.807, 2.05) is 34.9 Å². The van der Waals surface area contributed by atoms with E-state index in [0.717, 1.165) is 81.8 Å². The lowest BCUT2D eigenvalue weighted by molar-refractivity contribution is -0.124. The zero-order valence-corrected chi connectivity index (χ0v) is 20.5. The third kappa shape index (κ3) is 5.48. The van der Waals surface area contributed by atoms with Crippen molar-refractivity contribution >= 4 is 40.9 Å². The number of likely N-dealkylation sites (tertiary alicyclic amines) is 1. The second-order valence-corrected chi connectivity index (χ2v) is 10.4. The van der Waals surface area contributed by atoms with Gasteiger partial charge in [-0.3, -0.25) is 19.3 Å². The van der Waals surface area contributed by atoms with Gasteiger partial charge in [0.15, 0.2) is 0 Å². The van der Waals surface area contributed by atoms with Gasteiger partial charge in [-0.15, -0.1) is 0 Å². The molecule has 0 bridgehead atoms. The standard InChI is InChI=1S/C25H36N4O3S/c1-2-15-33-16-7-11-26-23(30)18-29-22-17-19(24(31)27-12-5-6-13-27)9-10-20(22)28-14-4-3-8-21(28)25(29)32/h9-10,17,21H,2-8,11-16,18H2,1H3,(H,26,30). The molecule has 3 amide bonds. The van der Waals surface area contributed by atoms with Gasteiger partial charge in [0.25, 0.3) is 5.91 Å². The molecule has 0 spiro atoms. The van der Waals surface area contributed by atoms with Gasteiger partial charge in [0, 0.05) is 31.7 Å². The number of fused-ring (bicyclic) bond motifs is 3. The minimum atomic E-state index is -0.218. The summed E-state index contributed by atoms with van der Waals surface area (Å²) in [6.07, 6.45) is 7.03. The molecule has 3 heterocycles. The molecule has 1 aromatic rings. The average Bonchev–Trinajstić information content (AvgIpc) is 3.38. The van der Waals surface area contributed by atoms with E-state index >= 15 is 0 Å². The van der Waals surface area contributed by atoms with Crippen molar-refractivity contribution in [2.45, 2.75) is 57.9 Å². The van der Waals surface area contributed by atoms with Crippen LogP contribution >= 0.6 is 11.8 Å². The Hall–Kier alpha value is -2.22. The van der Waals surface area contributed by atoms with Crippen molar-refractivity contribution < 1.29 is 14.4 Å². The summed E-state index contributed by atoms with van der Waals surface area (Å²) in [6.45, 7) is 5.18. The van der Waals surface area contributed by atoms with Gasteiger partial charge >= 0.3 is 0 Å². The summed E-state index contributed by atoms with van der Waals surface area (Å²) in [7, 11) is 0. The van der Waals surface area contributed by atoms with Crippen molar-refractivity contribution in [2.75, 3.05) is 54.0 Å². The highest BCUT2D eigenvalue weighted by Crippen LogP contribution is 2.40. The molecule has 1 atom stereocenters. The molecule has 180 valence electrons. The van der Waals surface area contributed by atoms with E-state index in [0.29, 0.717) is 17.8 Å². The predicted molar refractivity (Wildman–Crippen MR) is 134 cm³/mol. The molecule has 33 heavy (non-hydrogen) atoms. The second-order valence-electron chi connectivity index (χ2n) is 9.15. The summed E-state index contributed by atoms with van der Waals surface area (Å²) in [6, 6.07) is 5.46. The van der Waals surface area contributed by atoms with Crippen molar-refractivity contribution in [1.29, 1.82) is 0 Å². The van der Waals surface area contributed by atoms with E-state index in [-0.39, 0.29) is 30.3 Å². The number of nitrogens with zero attached hydrogens (tertiary/aromatic N) is 3. The maximum Gasteiger partial charge on any atom is 0.253 e. The van der Waals surface area contributed by atoms with Gasteiger partial charge in [-0.2, -0.15) is 11.8 Å². The van der Waals surface area contributed by atoms with Crippen LogP contribution in [0.1, 0.15) is 62.2 Å². The summed E-state index contributed by atoms with van der Waals surface area (Å²) in [5, 5.41) is 2.98. The SMILES string of the molecule is CCCSCCCNC(=O)CN1C(=O)C2CCCCN2c2ccc(C(=O)N3CCCC3)cc21. The molecular weight excluding hydrogens is 436 g/mol. The number of thioether (sulfide) groups is 1. The molecule has 7 nitrogen and oxygen atoms in total. The van der Waals surface area contributed by atoms with Crippen LogP contribution in [-0.4, -0.2) is 72.9 Å². The fourth-order valence-electron chi connectivity index (χ4n) is 5.00. The van der Waals surface area contributed by atoms with Gasteiger partial charge in [0.05, 0.1) is 11.4 Å². The van der Waals surface area contributed by atoms with Gasteiger partial charge in [-0.25, -0.2) is 0 Å². The van der Waals surface area contributed by atoms with Gasteiger partial charge in [0.2, 0.25) is 11.8 Å². The molecule has 0 radical (unpaired) electrons. The first-order valence-electron chi connectivity index (χ1n) is 12.5. The van der Waals surface area contributed by atoms with Crippen molar-refractivity contribution in [3.63, 3.8) is 0 Å². The third-order valence-electron chi connectivity index (χ3n) is 6.71. The molecule has 0 aromatic heterocycles. The van der Waals surface area contributed by atoms with Crippen LogP contribution in [0.3, 0.4) is 0 Å². The van der Waals surface area contributed by atoms with Gasteiger partial charge in [0.1, 0.15) is 12.6 Å². The van der Waals surface area contributed by atoms with Gasteiger partial charge in [-0.1, -0.05) is 6.92 Å². The molecule has 0 saturated carbocycles. The summed E-state index contributed by atoms with van der Waals surface area (Å²) in [4.78, 5) is 44.9. The fourth-order valence-corrected chi connectivity index (χ4v) is 5.85. The lowest BCUT2D eigenvalue weighted by atomic mass is 9.95. The molecule has 4 rings (SSSR count). The monoisotopic (exact) mass is 472 g/mol. The van der Waals surface area contributed by atoms with E-state index in [1.165, 1.54) is 0 Å². The molecule has 2 fully saturated rings. The fraction of sp³-hybridized carbons (Fsp3) is 0.640. The number of nitrogens with one attached hydrogen (secondary N) is 1. The maximum atomic E-state index is 13.4. The Kier molecular flexibility index (Phi) is 8.17. The zero-order chi connectivity index (χ0) is 23.2. The molecule has 0 aliphatic carbocycles. The third-order valence-corrected chi connectivity index (χ3v) is 7.98. The van der Waals surface area contributed by atoms with Crippen LogP contribution in [0.4, 0.5) is 11.4 Å². The average molecular weight is 473 g/mol. The van der Waals surface area contributed by atoms with Crippen molar-refractivity contribution in [3.8, 4) is 0 Å². The Labute approximate surface area is 201 Å². The smallest absolute Gasteiger partial charge is 0.253 e. The Morgan fingerprint density at radius 3 is 2.64 bits per heavy atom. The van der Waals surface area contributed by atoms with Crippen LogP contribution in [0.5, 0.6) is 0 Å². The van der Waals surface area contributed by atoms with Crippen LogP contribution in [0, 0.1) is 0 Å². The molecule has 1 N–H and O–H groups in total. The number of amides is 3. The summed E-state index contributed by atoms with van der Waals surface area (Å²) < 4.78 is 0. The molecule has 8 heteroatoms. The molecule has 1 unspecified atom stereocenters. The highest BCUT2D eigenvalue weighted by Gasteiger charge is 2.40. The van der Waals surface area contributed by atoms with Crippen molar-refractivity contribution in [1.82, 2.24) is 10.2 Å². The van der Waals surface area contributed by atoms with Gasteiger partial charge < -0.3 is 15.1 Å². The zero-order valence-electron chi connectivity index (χ0n) is 19.7. The first kappa shape index (κ1) is 23.9. The van der Waals surface area contributed by atoms with Crippen LogP contribution in [0.25, 0.3) is 0 Å². The summed E-state index contributed by atoms with van der Waals surface area (Å²) >= 11 is 1.90. The molecule has 3 aliphatic heterocycles. The predicted octanol–water partition coefficient (Wildman–Crippen LogP) is 3.28. The van der Waals surface area contributed by atoms with E-state index in [1.54, 1.807) is 4.90 Å². The Morgan fingerprint density at radius 2 is 1.85 bits per heavy atom. The number of carbonyl (C=O) groups excluding carboxylic acids is 3. The summed E-state index contributed by atoms with van der Waals surface area (Å²) in [5.74, 6) is 2.01. The largest absolute Gasteiger partial charge is 0.358 e. The number of benzene rings is 1. The number of anilines is 2. The number of piperidine rings is 1. The highest BCUT2D eigenvalue weighted by molar-refractivity contribution is 7.99. The van der Waals surface area contributed by atoms with Crippen LogP contribution in [0.15, 0.2) is 18.2 Å². The quantitative estimate of drug-likeness (QED) is 0.559. The van der Waals surface area contributed by atoms with Crippen molar-refractivity contribution in [3.05, 3.63) is 23.8 Å². The Morgan fingerprint density at radius 1 is 1.06 bits per heavy atom. The number of hydrogen-bond donors (Lipinski definition) is 1. The normalized spacial score (nSPS) is 20.0. The molecule has 1 aromatic carbocycles. The van der Waals surface area contributed by atoms with Crippen molar-refractivity contribution in [2.24, 2.45) is 0 Å². The number of rotatable bonds is 9. The number of carbonyl (C=O) groups is 3. The minimum Gasteiger partial charge on any atom is -0.358 e. The lowest BCUT2D eigenvalue weighted by Gasteiger charge is -2.45. The maximum absolute atomic E-state index is 13.4. The second kappa shape index (κ2) is 11.3. The molecule has 2 saturated heterocycles. The lowest BCUT2D eigenvalue weighted by Crippen LogP contribution is -2.57. The Balaban J connectivity index is 1.51. The van der Waals surface area contributed by atoms with Gasteiger partial charge in [-0.05, 0) is 74.7 Å². The van der Waals surface area contributed by atoms with E-state index in [4.69, 9.17) is 0 Å². The number of hydrogen-bond acceptors (Lipinski definition) is 5. The summed E-state index contributed by atoms with van der Waals surface area (Å²) in [5.41, 5.74) is 2.25. The first-order valence-corrected chi connectivity index (χ1v) is 13.6. The highest BCUT2D eigenvalue weighted by atomic mass is 32.2.